The molecule has 1 aromatic carbocycles. The van der Waals surface area contributed by atoms with E-state index in [0.717, 1.165) is 0 Å². The molecule has 0 amide bonds. The maximum atomic E-state index is 10.7. The summed E-state index contributed by atoms with van der Waals surface area (Å²) in [5, 5.41) is 26.7. The standard InChI is InChI=1S/C9H11BO4/c1-5-6(2)8(10(13)14)4-3-7(5)9(11)12/h3-4,13-14H,1-2H3,(H,11,12). The summed E-state index contributed by atoms with van der Waals surface area (Å²) < 4.78 is 0. The van der Waals surface area contributed by atoms with Gasteiger partial charge in [0.05, 0.1) is 5.56 Å². The van der Waals surface area contributed by atoms with Gasteiger partial charge < -0.3 is 15.2 Å². The van der Waals surface area contributed by atoms with Gasteiger partial charge in [0.1, 0.15) is 0 Å². The molecule has 14 heavy (non-hydrogen) atoms. The highest BCUT2D eigenvalue weighted by atomic mass is 16.4. The van der Waals surface area contributed by atoms with Crippen LogP contribution in [0, 0.1) is 13.8 Å². The van der Waals surface area contributed by atoms with Crippen LogP contribution < -0.4 is 5.46 Å². The van der Waals surface area contributed by atoms with Gasteiger partial charge in [0.15, 0.2) is 0 Å². The molecule has 0 aliphatic rings. The molecule has 0 aromatic heterocycles. The number of carboxylic acids is 1. The molecule has 0 heterocycles. The Morgan fingerprint density at radius 1 is 1.21 bits per heavy atom. The normalized spacial score (nSPS) is 10.0. The summed E-state index contributed by atoms with van der Waals surface area (Å²) in [6.07, 6.45) is 0. The zero-order chi connectivity index (χ0) is 10.9. The predicted octanol–water partition coefficient (Wildman–Crippen LogP) is -0.319. The second-order valence-electron chi connectivity index (χ2n) is 3.13. The van der Waals surface area contributed by atoms with E-state index in [1.165, 1.54) is 12.1 Å². The van der Waals surface area contributed by atoms with E-state index in [9.17, 15) is 4.79 Å². The van der Waals surface area contributed by atoms with Crippen LogP contribution in [0.1, 0.15) is 21.5 Å². The van der Waals surface area contributed by atoms with Crippen molar-refractivity contribution in [2.24, 2.45) is 0 Å². The molecule has 0 saturated carbocycles. The van der Waals surface area contributed by atoms with Gasteiger partial charge in [-0.2, -0.15) is 0 Å². The minimum Gasteiger partial charge on any atom is -0.478 e. The molecule has 0 aliphatic carbocycles. The third-order valence-electron chi connectivity index (χ3n) is 2.34. The highest BCUT2D eigenvalue weighted by Gasteiger charge is 2.18. The summed E-state index contributed by atoms with van der Waals surface area (Å²) in [7, 11) is -1.56. The Labute approximate surface area is 82.0 Å². The molecule has 74 valence electrons. The molecule has 0 saturated heterocycles. The van der Waals surface area contributed by atoms with E-state index in [4.69, 9.17) is 15.2 Å². The Morgan fingerprint density at radius 2 is 1.79 bits per heavy atom. The van der Waals surface area contributed by atoms with Gasteiger partial charge in [-0.3, -0.25) is 0 Å². The molecule has 1 aromatic rings. The van der Waals surface area contributed by atoms with Gasteiger partial charge in [-0.25, -0.2) is 4.79 Å². The van der Waals surface area contributed by atoms with Crippen molar-refractivity contribution in [1.29, 1.82) is 0 Å². The van der Waals surface area contributed by atoms with Crippen molar-refractivity contribution in [2.45, 2.75) is 13.8 Å². The molecule has 0 radical (unpaired) electrons. The van der Waals surface area contributed by atoms with Gasteiger partial charge in [0.25, 0.3) is 0 Å². The Morgan fingerprint density at radius 3 is 2.21 bits per heavy atom. The van der Waals surface area contributed by atoms with Crippen molar-refractivity contribution in [1.82, 2.24) is 0 Å². The molecular formula is C9H11BO4. The quantitative estimate of drug-likeness (QED) is 0.564. The first-order valence-corrected chi connectivity index (χ1v) is 4.14. The lowest BCUT2D eigenvalue weighted by atomic mass is 9.75. The summed E-state index contributed by atoms with van der Waals surface area (Å²) in [6, 6.07) is 2.79. The monoisotopic (exact) mass is 194 g/mol. The number of rotatable bonds is 2. The highest BCUT2D eigenvalue weighted by Crippen LogP contribution is 2.11. The first-order valence-electron chi connectivity index (χ1n) is 4.14. The fourth-order valence-corrected chi connectivity index (χ4v) is 1.35. The fourth-order valence-electron chi connectivity index (χ4n) is 1.35. The zero-order valence-corrected chi connectivity index (χ0v) is 7.98. The molecule has 1 rings (SSSR count). The third kappa shape index (κ3) is 1.78. The molecular weight excluding hydrogens is 183 g/mol. The van der Waals surface area contributed by atoms with Crippen LogP contribution in [-0.4, -0.2) is 28.2 Å². The van der Waals surface area contributed by atoms with Gasteiger partial charge in [0.2, 0.25) is 0 Å². The van der Waals surface area contributed by atoms with Crippen LogP contribution >= 0.6 is 0 Å². The van der Waals surface area contributed by atoms with Crippen LogP contribution in [-0.2, 0) is 0 Å². The van der Waals surface area contributed by atoms with Crippen LogP contribution in [0.3, 0.4) is 0 Å². The lowest BCUT2D eigenvalue weighted by Gasteiger charge is -2.09. The lowest BCUT2D eigenvalue weighted by Crippen LogP contribution is -2.33. The van der Waals surface area contributed by atoms with E-state index in [1.807, 2.05) is 0 Å². The molecule has 4 nitrogen and oxygen atoms in total. The third-order valence-corrected chi connectivity index (χ3v) is 2.34. The predicted molar refractivity (Wildman–Crippen MR) is 52.7 cm³/mol. The smallest absolute Gasteiger partial charge is 0.478 e. The molecule has 0 atom stereocenters. The molecule has 0 bridgehead atoms. The van der Waals surface area contributed by atoms with E-state index in [2.05, 4.69) is 0 Å². The lowest BCUT2D eigenvalue weighted by molar-refractivity contribution is 0.0696. The summed E-state index contributed by atoms with van der Waals surface area (Å²) in [5.41, 5.74) is 1.68. The Balaban J connectivity index is 3.33. The maximum Gasteiger partial charge on any atom is 0.488 e. The second kappa shape index (κ2) is 3.81. The minimum atomic E-state index is -1.56. The molecule has 5 heteroatoms. The topological polar surface area (TPSA) is 77.8 Å². The van der Waals surface area contributed by atoms with Crippen molar-refractivity contribution >= 4 is 18.6 Å². The van der Waals surface area contributed by atoms with Crippen LogP contribution in [0.5, 0.6) is 0 Å². The second-order valence-corrected chi connectivity index (χ2v) is 3.13. The van der Waals surface area contributed by atoms with E-state index in [-0.39, 0.29) is 5.56 Å². The van der Waals surface area contributed by atoms with Crippen molar-refractivity contribution in [3.63, 3.8) is 0 Å². The number of benzene rings is 1. The number of hydrogen-bond donors (Lipinski definition) is 3. The maximum absolute atomic E-state index is 10.7. The van der Waals surface area contributed by atoms with E-state index >= 15 is 0 Å². The molecule has 0 fully saturated rings. The van der Waals surface area contributed by atoms with Gasteiger partial charge in [-0.15, -0.1) is 0 Å². The number of aromatic carboxylic acids is 1. The Kier molecular flexibility index (Phi) is 2.93. The summed E-state index contributed by atoms with van der Waals surface area (Å²) in [6.45, 7) is 3.31. The zero-order valence-electron chi connectivity index (χ0n) is 7.98. The first-order chi connectivity index (χ1) is 6.45. The summed E-state index contributed by atoms with van der Waals surface area (Å²) >= 11 is 0. The van der Waals surface area contributed by atoms with Gasteiger partial charge in [-0.1, -0.05) is 6.07 Å². The van der Waals surface area contributed by atoms with Crippen LogP contribution in [0.2, 0.25) is 0 Å². The van der Waals surface area contributed by atoms with Crippen molar-refractivity contribution < 1.29 is 19.9 Å². The Hall–Kier alpha value is -1.33. The van der Waals surface area contributed by atoms with Crippen LogP contribution in [0.15, 0.2) is 12.1 Å². The number of hydrogen-bond acceptors (Lipinski definition) is 3. The molecule has 0 aliphatic heterocycles. The number of carbonyl (C=O) groups is 1. The fraction of sp³-hybridized carbons (Fsp3) is 0.222. The average Bonchev–Trinajstić information content (AvgIpc) is 2.08. The summed E-state index contributed by atoms with van der Waals surface area (Å²) in [4.78, 5) is 10.7. The average molecular weight is 194 g/mol. The minimum absolute atomic E-state index is 0.187. The van der Waals surface area contributed by atoms with Crippen molar-refractivity contribution in [3.8, 4) is 0 Å². The van der Waals surface area contributed by atoms with E-state index in [0.29, 0.717) is 16.6 Å². The summed E-state index contributed by atoms with van der Waals surface area (Å²) in [5.74, 6) is -1.01. The first kappa shape index (κ1) is 10.8. The van der Waals surface area contributed by atoms with E-state index in [1.54, 1.807) is 13.8 Å². The highest BCUT2D eigenvalue weighted by molar-refractivity contribution is 6.59. The molecule has 0 unspecified atom stereocenters. The van der Waals surface area contributed by atoms with Crippen LogP contribution in [0.4, 0.5) is 0 Å². The largest absolute Gasteiger partial charge is 0.488 e. The Bertz CT molecular complexity index is 373. The molecule has 0 spiro atoms. The van der Waals surface area contributed by atoms with Crippen molar-refractivity contribution in [2.75, 3.05) is 0 Å². The van der Waals surface area contributed by atoms with Gasteiger partial charge in [-0.05, 0) is 36.5 Å². The van der Waals surface area contributed by atoms with Crippen molar-refractivity contribution in [3.05, 3.63) is 28.8 Å². The SMILES string of the molecule is Cc1c(B(O)O)ccc(C(=O)O)c1C. The number of carboxylic acid groups (broad SMARTS) is 1. The van der Waals surface area contributed by atoms with Crippen LogP contribution in [0.25, 0.3) is 0 Å². The van der Waals surface area contributed by atoms with Gasteiger partial charge in [0, 0.05) is 0 Å². The van der Waals surface area contributed by atoms with E-state index < -0.39 is 13.1 Å². The molecule has 3 N–H and O–H groups in total. The van der Waals surface area contributed by atoms with Gasteiger partial charge >= 0.3 is 13.1 Å².